The molecule has 0 nitrogen and oxygen atoms in total. The predicted molar refractivity (Wildman–Crippen MR) is 109 cm³/mol. The average Bonchev–Trinajstić information content (AvgIpc) is 3.12. The molecule has 24 heavy (non-hydrogen) atoms. The molecule has 2 heteroatoms. The Labute approximate surface area is 166 Å². The van der Waals surface area contributed by atoms with Gasteiger partial charge in [0, 0.05) is 34.3 Å². The quantitative estimate of drug-likeness (QED) is 0.318. The molecule has 0 aliphatic rings. The van der Waals surface area contributed by atoms with Gasteiger partial charge in [0.2, 0.25) is 0 Å². The summed E-state index contributed by atoms with van der Waals surface area (Å²) in [4.78, 5) is 0. The number of hydrogen-bond donors (Lipinski definition) is 0. The van der Waals surface area contributed by atoms with Crippen LogP contribution in [0, 0.1) is 14.9 Å². The molecule has 4 aromatic rings. The van der Waals surface area contributed by atoms with Crippen molar-refractivity contribution in [2.75, 3.05) is 0 Å². The second-order valence-electron chi connectivity index (χ2n) is 6.29. The Hall–Kier alpha value is -1.24. The van der Waals surface area contributed by atoms with Crippen molar-refractivity contribution in [3.63, 3.8) is 0 Å². The van der Waals surface area contributed by atoms with E-state index in [1.165, 1.54) is 21.5 Å². The van der Waals surface area contributed by atoms with E-state index >= 15 is 0 Å². The van der Waals surface area contributed by atoms with Gasteiger partial charge in [-0.1, -0.05) is 25.2 Å². The Bertz CT molecular complexity index is 851. The minimum atomic E-state index is -1.68. The molecule has 124 valence electrons. The van der Waals surface area contributed by atoms with Crippen molar-refractivity contribution in [2.24, 2.45) is 0 Å². The van der Waals surface area contributed by atoms with Crippen LogP contribution in [0.2, 0.25) is 13.1 Å². The fraction of sp³-hybridized carbons (Fsp3) is 0.0909. The fourth-order valence-corrected chi connectivity index (χ4v) is 6.63. The average molecular weight is 408 g/mol. The van der Waals surface area contributed by atoms with Gasteiger partial charge in [0.15, 0.2) is 0 Å². The van der Waals surface area contributed by atoms with Gasteiger partial charge in [0.05, 0.1) is 0 Å². The van der Waals surface area contributed by atoms with Gasteiger partial charge in [0.25, 0.3) is 0 Å². The molecular formula is C22H24SiZr-4. The van der Waals surface area contributed by atoms with Gasteiger partial charge in [-0.05, 0) is 0 Å². The molecule has 0 saturated heterocycles. The van der Waals surface area contributed by atoms with Crippen LogP contribution in [0.4, 0.5) is 0 Å². The van der Waals surface area contributed by atoms with E-state index in [9.17, 15) is 0 Å². The first-order chi connectivity index (χ1) is 10.2. The molecule has 0 aliphatic heterocycles. The van der Waals surface area contributed by atoms with Crippen LogP contribution >= 0.6 is 0 Å². The molecule has 4 rings (SSSR count). The van der Waals surface area contributed by atoms with Gasteiger partial charge >= 0.3 is 0 Å². The van der Waals surface area contributed by atoms with E-state index in [4.69, 9.17) is 0 Å². The number of rotatable bonds is 2. The third kappa shape index (κ3) is 3.15. The molecule has 0 aromatic heterocycles. The summed E-state index contributed by atoms with van der Waals surface area (Å²) in [6.45, 7) is 4.94. The van der Waals surface area contributed by atoms with Crippen LogP contribution < -0.4 is 10.4 Å². The van der Waals surface area contributed by atoms with E-state index in [0.717, 1.165) is 0 Å². The van der Waals surface area contributed by atoms with E-state index in [1.54, 1.807) is 10.4 Å². The molecule has 0 saturated carbocycles. The maximum absolute atomic E-state index is 2.47. The molecule has 0 aliphatic carbocycles. The summed E-state index contributed by atoms with van der Waals surface area (Å²) in [5.41, 5.74) is 0. The van der Waals surface area contributed by atoms with E-state index < -0.39 is 8.07 Å². The number of benzene rings is 2. The summed E-state index contributed by atoms with van der Waals surface area (Å²) >= 11 is 0. The van der Waals surface area contributed by atoms with Crippen molar-refractivity contribution in [3.05, 3.63) is 87.6 Å². The van der Waals surface area contributed by atoms with Gasteiger partial charge in [-0.25, -0.2) is 0 Å². The first kappa shape index (κ1) is 20.8. The minimum Gasteiger partial charge on any atom is -0.358 e. The van der Waals surface area contributed by atoms with Gasteiger partial charge in [-0.3, -0.25) is 0 Å². The zero-order chi connectivity index (χ0) is 14.4. The van der Waals surface area contributed by atoms with Gasteiger partial charge in [-0.2, -0.15) is 24.3 Å². The number of hydrogen-bond acceptors (Lipinski definition) is 0. The van der Waals surface area contributed by atoms with Crippen molar-refractivity contribution in [1.82, 2.24) is 0 Å². The maximum atomic E-state index is 2.47. The van der Waals surface area contributed by atoms with Crippen molar-refractivity contribution in [2.45, 2.75) is 13.1 Å². The Morgan fingerprint density at radius 1 is 0.625 bits per heavy atom. The van der Waals surface area contributed by atoms with Gasteiger partial charge < -0.3 is 14.9 Å². The van der Waals surface area contributed by atoms with Crippen LogP contribution in [0.25, 0.3) is 21.5 Å². The van der Waals surface area contributed by atoms with Crippen molar-refractivity contribution >= 4 is 40.0 Å². The summed E-state index contributed by atoms with van der Waals surface area (Å²) in [6.07, 6.45) is 0. The normalized spacial score (nSPS) is 10.8. The summed E-state index contributed by atoms with van der Waals surface area (Å²) < 4.78 is 0. The Morgan fingerprint density at radius 3 is 1.42 bits per heavy atom. The van der Waals surface area contributed by atoms with Crippen LogP contribution in [-0.2, 0) is 26.2 Å². The van der Waals surface area contributed by atoms with Crippen LogP contribution in [0.1, 0.15) is 0 Å². The third-order valence-electron chi connectivity index (χ3n) is 4.71. The van der Waals surface area contributed by atoms with Crippen molar-refractivity contribution in [3.8, 4) is 0 Å². The summed E-state index contributed by atoms with van der Waals surface area (Å²) in [6, 6.07) is 26.7. The number of fused-ring (bicyclic) bond motifs is 2. The SMILES string of the molecule is C[Si](C)([c-]1ccc2ccccc21)[c-]1ccc2ccccc21.[CH3-].[CH3-].[Zr]. The van der Waals surface area contributed by atoms with Crippen molar-refractivity contribution in [1.29, 1.82) is 0 Å². The van der Waals surface area contributed by atoms with Crippen LogP contribution in [0.3, 0.4) is 0 Å². The molecule has 0 bridgehead atoms. The Balaban J connectivity index is 0.000000960. The Morgan fingerprint density at radius 2 is 1.00 bits per heavy atom. The van der Waals surface area contributed by atoms with Crippen LogP contribution in [0.5, 0.6) is 0 Å². The summed E-state index contributed by atoms with van der Waals surface area (Å²) in [5, 5.41) is 8.69. The topological polar surface area (TPSA) is 0 Å². The monoisotopic (exact) mass is 406 g/mol. The van der Waals surface area contributed by atoms with Crippen LogP contribution in [0.15, 0.2) is 72.8 Å². The molecule has 4 aromatic carbocycles. The zero-order valence-corrected chi connectivity index (χ0v) is 18.4. The molecule has 0 spiro atoms. The molecule has 0 heterocycles. The van der Waals surface area contributed by atoms with Gasteiger partial charge in [0.1, 0.15) is 0 Å². The molecule has 0 amide bonds. The predicted octanol–water partition coefficient (Wildman–Crippen LogP) is 5.15. The molecule has 0 N–H and O–H groups in total. The molecule has 0 unspecified atom stereocenters. The molecule has 0 fully saturated rings. The van der Waals surface area contributed by atoms with E-state index in [-0.39, 0.29) is 41.1 Å². The smallest absolute Gasteiger partial charge is 0.0184 e. The van der Waals surface area contributed by atoms with E-state index in [1.807, 2.05) is 0 Å². The standard InChI is InChI=1S/C20H18Si.2CH3.Zr/c1-21(2,19-13-11-15-7-3-5-9-17(15)19)20-14-12-16-8-4-6-10-18(16)20;;;/h3-14H,1-2H3;2*1H3;/q-2;2*-1;. The van der Waals surface area contributed by atoms with Gasteiger partial charge in [-0.15, -0.1) is 68.3 Å². The molecular weight excluding hydrogens is 384 g/mol. The van der Waals surface area contributed by atoms with E-state index in [0.29, 0.717) is 0 Å². The van der Waals surface area contributed by atoms with Crippen molar-refractivity contribution < 1.29 is 26.2 Å². The van der Waals surface area contributed by atoms with E-state index in [2.05, 4.69) is 85.9 Å². The van der Waals surface area contributed by atoms with Crippen LogP contribution in [-0.4, -0.2) is 8.07 Å². The summed E-state index contributed by atoms with van der Waals surface area (Å²) in [7, 11) is -1.68. The molecule has 0 radical (unpaired) electrons. The molecule has 0 atom stereocenters. The largest absolute Gasteiger partial charge is 0.358 e. The first-order valence-corrected chi connectivity index (χ1v) is 10.5. The zero-order valence-electron chi connectivity index (χ0n) is 14.9. The second-order valence-corrected chi connectivity index (χ2v) is 10.6. The Kier molecular flexibility index (Phi) is 6.73. The first-order valence-electron chi connectivity index (χ1n) is 7.48. The fourth-order valence-electron chi connectivity index (χ4n) is 3.54. The maximum Gasteiger partial charge on any atom is 0.0184 e. The second kappa shape index (κ2) is 7.76. The summed E-state index contributed by atoms with van der Waals surface area (Å²) in [5.74, 6) is 0. The minimum absolute atomic E-state index is 0. The third-order valence-corrected chi connectivity index (χ3v) is 8.27.